The van der Waals surface area contributed by atoms with Crippen LogP contribution in [-0.4, -0.2) is 48.5 Å². The Hall–Kier alpha value is -0.460. The van der Waals surface area contributed by atoms with Gasteiger partial charge in [0.2, 0.25) is 0 Å². The molecular weight excluding hydrogens is 248 g/mol. The molecule has 0 saturated carbocycles. The highest BCUT2D eigenvalue weighted by Crippen LogP contribution is 2.31. The molecule has 102 valence electrons. The molecule has 1 aliphatic rings. The highest BCUT2D eigenvalue weighted by Gasteiger charge is 2.30. The number of rotatable bonds is 4. The van der Waals surface area contributed by atoms with Gasteiger partial charge in [-0.2, -0.15) is 0 Å². The molecule has 1 aromatic heterocycles. The number of aliphatic hydroxyl groups excluding tert-OH is 1. The fraction of sp³-hybridized carbons (Fsp3) is 0.692. The molecule has 3 unspecified atom stereocenters. The predicted molar refractivity (Wildman–Crippen MR) is 73.8 cm³/mol. The van der Waals surface area contributed by atoms with Gasteiger partial charge in [-0.05, 0) is 30.9 Å². The van der Waals surface area contributed by atoms with E-state index in [0.717, 1.165) is 13.1 Å². The van der Waals surface area contributed by atoms with E-state index in [9.17, 15) is 5.11 Å². The Labute approximate surface area is 112 Å². The molecular formula is C13H22N2O2S. The maximum absolute atomic E-state index is 9.23. The van der Waals surface area contributed by atoms with Crippen LogP contribution in [0.3, 0.4) is 0 Å². The zero-order chi connectivity index (χ0) is 13.1. The lowest BCUT2D eigenvalue weighted by molar-refractivity contribution is -0.0671. The summed E-state index contributed by atoms with van der Waals surface area (Å²) in [6, 6.07) is 2.43. The summed E-state index contributed by atoms with van der Waals surface area (Å²) in [4.78, 5) is 3.68. The van der Waals surface area contributed by atoms with Crippen molar-refractivity contribution in [2.75, 3.05) is 26.3 Å². The van der Waals surface area contributed by atoms with Gasteiger partial charge in [0.15, 0.2) is 0 Å². The quantitative estimate of drug-likeness (QED) is 0.861. The molecule has 1 saturated heterocycles. The van der Waals surface area contributed by atoms with E-state index in [4.69, 9.17) is 10.5 Å². The van der Waals surface area contributed by atoms with E-state index in [2.05, 4.69) is 23.3 Å². The summed E-state index contributed by atoms with van der Waals surface area (Å²) < 4.78 is 5.51. The third kappa shape index (κ3) is 2.92. The second-order valence-electron chi connectivity index (χ2n) is 4.94. The van der Waals surface area contributed by atoms with Gasteiger partial charge in [0, 0.05) is 24.0 Å². The van der Waals surface area contributed by atoms with Crippen molar-refractivity contribution >= 4 is 11.3 Å². The summed E-state index contributed by atoms with van der Waals surface area (Å²) in [5.74, 6) is 0. The molecule has 3 atom stereocenters. The first-order valence-electron chi connectivity index (χ1n) is 6.39. The molecule has 0 aromatic carbocycles. The fourth-order valence-electron chi connectivity index (χ4n) is 2.53. The van der Waals surface area contributed by atoms with Gasteiger partial charge in [0.1, 0.15) is 0 Å². The molecule has 1 fully saturated rings. The van der Waals surface area contributed by atoms with Crippen LogP contribution < -0.4 is 5.73 Å². The number of nitrogens with two attached hydrogens (primary N) is 1. The standard InChI is InChI=1S/C13H22N2O2S/c1-9-3-6-18-13(9)12(10(2)14)15-4-5-17-11(7-15)8-16/h3,6,10-12,16H,4-5,7-8,14H2,1-2H3. The predicted octanol–water partition coefficient (Wildman–Crippen LogP) is 1.14. The minimum atomic E-state index is -0.0831. The molecule has 0 bridgehead atoms. The van der Waals surface area contributed by atoms with Crippen molar-refractivity contribution in [3.63, 3.8) is 0 Å². The number of ether oxygens (including phenoxy) is 1. The number of nitrogens with zero attached hydrogens (tertiary/aromatic N) is 1. The lowest BCUT2D eigenvalue weighted by Gasteiger charge is -2.39. The molecule has 0 radical (unpaired) electrons. The van der Waals surface area contributed by atoms with E-state index in [1.165, 1.54) is 10.4 Å². The number of hydrogen-bond acceptors (Lipinski definition) is 5. The second-order valence-corrected chi connectivity index (χ2v) is 5.89. The molecule has 1 aromatic rings. The molecule has 18 heavy (non-hydrogen) atoms. The van der Waals surface area contributed by atoms with Crippen molar-refractivity contribution in [2.45, 2.75) is 32.0 Å². The van der Waals surface area contributed by atoms with E-state index in [1.807, 2.05) is 6.92 Å². The number of aryl methyl sites for hydroxylation is 1. The molecule has 2 heterocycles. The van der Waals surface area contributed by atoms with Crippen LogP contribution in [0, 0.1) is 6.92 Å². The van der Waals surface area contributed by atoms with Crippen LogP contribution in [-0.2, 0) is 4.74 Å². The Morgan fingerprint density at radius 1 is 1.67 bits per heavy atom. The molecule has 0 spiro atoms. The van der Waals surface area contributed by atoms with E-state index < -0.39 is 0 Å². The average molecular weight is 270 g/mol. The molecule has 3 N–H and O–H groups in total. The Bertz CT molecular complexity index is 381. The average Bonchev–Trinajstić information content (AvgIpc) is 2.76. The third-order valence-corrected chi connectivity index (χ3v) is 4.53. The van der Waals surface area contributed by atoms with Gasteiger partial charge in [0.05, 0.1) is 25.4 Å². The Morgan fingerprint density at radius 3 is 3.00 bits per heavy atom. The monoisotopic (exact) mass is 270 g/mol. The van der Waals surface area contributed by atoms with Crippen molar-refractivity contribution < 1.29 is 9.84 Å². The van der Waals surface area contributed by atoms with E-state index in [0.29, 0.717) is 6.61 Å². The Morgan fingerprint density at radius 2 is 2.44 bits per heavy atom. The minimum Gasteiger partial charge on any atom is -0.394 e. The van der Waals surface area contributed by atoms with Crippen LogP contribution in [0.25, 0.3) is 0 Å². The van der Waals surface area contributed by atoms with Crippen LogP contribution in [0.15, 0.2) is 11.4 Å². The van der Waals surface area contributed by atoms with Crippen LogP contribution in [0.5, 0.6) is 0 Å². The molecule has 2 rings (SSSR count). The lowest BCUT2D eigenvalue weighted by Crippen LogP contribution is -2.49. The van der Waals surface area contributed by atoms with Gasteiger partial charge in [-0.15, -0.1) is 11.3 Å². The Kier molecular flexibility index (Phi) is 4.75. The third-order valence-electron chi connectivity index (χ3n) is 3.44. The van der Waals surface area contributed by atoms with Gasteiger partial charge >= 0.3 is 0 Å². The Balaban J connectivity index is 2.18. The van der Waals surface area contributed by atoms with Crippen LogP contribution in [0.2, 0.25) is 0 Å². The summed E-state index contributed by atoms with van der Waals surface area (Å²) in [5, 5.41) is 11.3. The smallest absolute Gasteiger partial charge is 0.0933 e. The highest BCUT2D eigenvalue weighted by molar-refractivity contribution is 7.10. The first kappa shape index (κ1) is 14.0. The van der Waals surface area contributed by atoms with E-state index in [1.54, 1.807) is 11.3 Å². The van der Waals surface area contributed by atoms with Crippen molar-refractivity contribution in [3.05, 3.63) is 21.9 Å². The fourth-order valence-corrected chi connectivity index (χ4v) is 3.71. The van der Waals surface area contributed by atoms with Crippen LogP contribution in [0.1, 0.15) is 23.4 Å². The summed E-state index contributed by atoms with van der Waals surface area (Å²) >= 11 is 1.76. The van der Waals surface area contributed by atoms with Crippen molar-refractivity contribution in [2.24, 2.45) is 5.73 Å². The molecule has 1 aliphatic heterocycles. The second kappa shape index (κ2) is 6.12. The summed E-state index contributed by atoms with van der Waals surface area (Å²) in [6.07, 6.45) is -0.0831. The van der Waals surface area contributed by atoms with Gasteiger partial charge < -0.3 is 15.6 Å². The number of aliphatic hydroxyl groups is 1. The summed E-state index contributed by atoms with van der Waals surface area (Å²) in [6.45, 7) is 6.54. The van der Waals surface area contributed by atoms with Crippen molar-refractivity contribution in [3.8, 4) is 0 Å². The van der Waals surface area contributed by atoms with Gasteiger partial charge in [-0.3, -0.25) is 4.90 Å². The molecule has 4 nitrogen and oxygen atoms in total. The largest absolute Gasteiger partial charge is 0.394 e. The molecule has 0 aliphatic carbocycles. The lowest BCUT2D eigenvalue weighted by atomic mass is 10.0. The number of hydrogen-bond donors (Lipinski definition) is 2. The first-order chi connectivity index (χ1) is 8.63. The SMILES string of the molecule is Cc1ccsc1C(C(C)N)N1CCOC(CO)C1. The van der Waals surface area contributed by atoms with Gasteiger partial charge in [0.25, 0.3) is 0 Å². The van der Waals surface area contributed by atoms with E-state index >= 15 is 0 Å². The summed E-state index contributed by atoms with van der Waals surface area (Å²) in [5.41, 5.74) is 7.48. The van der Waals surface area contributed by atoms with Gasteiger partial charge in [-0.25, -0.2) is 0 Å². The minimum absolute atomic E-state index is 0.0693. The summed E-state index contributed by atoms with van der Waals surface area (Å²) in [7, 11) is 0. The number of thiophene rings is 1. The zero-order valence-electron chi connectivity index (χ0n) is 11.0. The van der Waals surface area contributed by atoms with Crippen LogP contribution in [0.4, 0.5) is 0 Å². The van der Waals surface area contributed by atoms with Gasteiger partial charge in [-0.1, -0.05) is 0 Å². The van der Waals surface area contributed by atoms with Crippen molar-refractivity contribution in [1.29, 1.82) is 0 Å². The zero-order valence-corrected chi connectivity index (χ0v) is 11.8. The first-order valence-corrected chi connectivity index (χ1v) is 7.27. The highest BCUT2D eigenvalue weighted by atomic mass is 32.1. The molecule has 5 heteroatoms. The number of morpholine rings is 1. The topological polar surface area (TPSA) is 58.7 Å². The normalized spacial score (nSPS) is 25.0. The van der Waals surface area contributed by atoms with Crippen LogP contribution >= 0.6 is 11.3 Å². The maximum atomic E-state index is 9.23. The maximum Gasteiger partial charge on any atom is 0.0933 e. The van der Waals surface area contributed by atoms with Crippen molar-refractivity contribution in [1.82, 2.24) is 4.90 Å². The van der Waals surface area contributed by atoms with E-state index in [-0.39, 0.29) is 24.8 Å². The molecule has 0 amide bonds.